The van der Waals surface area contributed by atoms with Crippen LogP contribution in [-0.4, -0.2) is 35.1 Å². The topological polar surface area (TPSA) is 70.0 Å². The Bertz CT molecular complexity index is 434. The summed E-state index contributed by atoms with van der Waals surface area (Å²) < 4.78 is 5.01. The minimum absolute atomic E-state index is 0.0236. The van der Waals surface area contributed by atoms with E-state index in [0.29, 0.717) is 12.1 Å². The van der Waals surface area contributed by atoms with E-state index in [9.17, 15) is 9.90 Å². The number of amides is 1. The molecule has 1 saturated heterocycles. The zero-order valence-corrected chi connectivity index (χ0v) is 9.59. The number of rotatable bonds is 3. The molecule has 5 nitrogen and oxygen atoms in total. The largest absolute Gasteiger partial charge is 0.506 e. The van der Waals surface area contributed by atoms with Crippen molar-refractivity contribution in [2.24, 2.45) is 0 Å². The van der Waals surface area contributed by atoms with Gasteiger partial charge in [-0.3, -0.25) is 4.90 Å². The van der Waals surface area contributed by atoms with Crippen molar-refractivity contribution in [1.82, 2.24) is 0 Å². The van der Waals surface area contributed by atoms with Crippen molar-refractivity contribution in [2.45, 2.75) is 18.9 Å². The predicted molar refractivity (Wildman–Crippen MR) is 62.0 cm³/mol. The molecule has 1 unspecified atom stereocenters. The molecule has 0 radical (unpaired) electrons. The van der Waals surface area contributed by atoms with E-state index in [4.69, 9.17) is 9.84 Å². The summed E-state index contributed by atoms with van der Waals surface area (Å²) in [6.07, 6.45) is -0.102. The van der Waals surface area contributed by atoms with Crippen LogP contribution in [-0.2, 0) is 4.74 Å². The van der Waals surface area contributed by atoms with Crippen molar-refractivity contribution in [1.29, 1.82) is 0 Å². The predicted octanol–water partition coefficient (Wildman–Crippen LogP) is 1.49. The van der Waals surface area contributed by atoms with Gasteiger partial charge in [-0.05, 0) is 25.5 Å². The molecule has 17 heavy (non-hydrogen) atoms. The van der Waals surface area contributed by atoms with Crippen LogP contribution in [0.15, 0.2) is 24.3 Å². The van der Waals surface area contributed by atoms with Gasteiger partial charge in [-0.25, -0.2) is 4.79 Å². The van der Waals surface area contributed by atoms with Gasteiger partial charge in [0, 0.05) is 6.61 Å². The molecule has 92 valence electrons. The van der Waals surface area contributed by atoms with Gasteiger partial charge in [-0.15, -0.1) is 0 Å². The first kappa shape index (κ1) is 11.7. The number of hydrogen-bond acceptors (Lipinski definition) is 4. The quantitative estimate of drug-likeness (QED) is 0.835. The SMILES string of the molecule is CC1(CCO)COC(=O)N1c1ccccc1O. The van der Waals surface area contributed by atoms with Crippen molar-refractivity contribution in [2.75, 3.05) is 18.1 Å². The summed E-state index contributed by atoms with van der Waals surface area (Å²) >= 11 is 0. The van der Waals surface area contributed by atoms with E-state index in [1.807, 2.05) is 6.92 Å². The Balaban J connectivity index is 2.41. The summed E-state index contributed by atoms with van der Waals surface area (Å²) in [5, 5.41) is 18.8. The molecule has 2 N–H and O–H groups in total. The number of carbonyl (C=O) groups is 1. The van der Waals surface area contributed by atoms with Crippen LogP contribution in [0.25, 0.3) is 0 Å². The Morgan fingerprint density at radius 3 is 2.82 bits per heavy atom. The molecule has 1 aliphatic heterocycles. The van der Waals surface area contributed by atoms with Gasteiger partial charge in [0.25, 0.3) is 0 Å². The fourth-order valence-corrected chi connectivity index (χ4v) is 2.03. The maximum absolute atomic E-state index is 11.7. The number of aliphatic hydroxyl groups excluding tert-OH is 1. The number of carbonyl (C=O) groups excluding carboxylic acids is 1. The first-order valence-corrected chi connectivity index (χ1v) is 5.44. The van der Waals surface area contributed by atoms with Gasteiger partial charge in [0.1, 0.15) is 12.4 Å². The lowest BCUT2D eigenvalue weighted by molar-refractivity contribution is 0.167. The molecule has 0 spiro atoms. The van der Waals surface area contributed by atoms with Gasteiger partial charge in [-0.2, -0.15) is 0 Å². The number of nitrogens with zero attached hydrogens (tertiary/aromatic N) is 1. The molecule has 1 heterocycles. The van der Waals surface area contributed by atoms with Gasteiger partial charge >= 0.3 is 6.09 Å². The van der Waals surface area contributed by atoms with Crippen molar-refractivity contribution in [3.63, 3.8) is 0 Å². The van der Waals surface area contributed by atoms with E-state index in [1.54, 1.807) is 18.2 Å². The minimum Gasteiger partial charge on any atom is -0.506 e. The zero-order chi connectivity index (χ0) is 12.5. The smallest absolute Gasteiger partial charge is 0.415 e. The summed E-state index contributed by atoms with van der Waals surface area (Å²) in [6.45, 7) is 1.98. The van der Waals surface area contributed by atoms with E-state index < -0.39 is 11.6 Å². The molecular weight excluding hydrogens is 222 g/mol. The lowest BCUT2D eigenvalue weighted by Gasteiger charge is -2.31. The Kier molecular flexibility index (Phi) is 2.93. The molecule has 1 aromatic rings. The Morgan fingerprint density at radius 2 is 2.18 bits per heavy atom. The zero-order valence-electron chi connectivity index (χ0n) is 9.59. The standard InChI is InChI=1S/C12H15NO4/c1-12(6-7-14)8-17-11(16)13(12)9-4-2-3-5-10(9)15/h2-5,14-15H,6-8H2,1H3. The number of hydrogen-bond donors (Lipinski definition) is 2. The van der Waals surface area contributed by atoms with Crippen LogP contribution in [0, 0.1) is 0 Å². The molecule has 0 bridgehead atoms. The summed E-state index contributed by atoms with van der Waals surface area (Å²) in [5.41, 5.74) is -0.212. The maximum Gasteiger partial charge on any atom is 0.415 e. The number of phenols is 1. The number of aromatic hydroxyl groups is 1. The molecule has 5 heteroatoms. The molecule has 0 aromatic heterocycles. The van der Waals surface area contributed by atoms with E-state index in [1.165, 1.54) is 11.0 Å². The monoisotopic (exact) mass is 237 g/mol. The van der Waals surface area contributed by atoms with Crippen molar-refractivity contribution >= 4 is 11.8 Å². The highest BCUT2D eigenvalue weighted by Gasteiger charge is 2.45. The van der Waals surface area contributed by atoms with E-state index in [-0.39, 0.29) is 19.0 Å². The van der Waals surface area contributed by atoms with Gasteiger partial charge in [0.15, 0.2) is 0 Å². The molecular formula is C12H15NO4. The van der Waals surface area contributed by atoms with Gasteiger partial charge in [0.2, 0.25) is 0 Å². The Labute approximate surface area is 99.2 Å². The van der Waals surface area contributed by atoms with E-state index in [0.717, 1.165) is 0 Å². The molecule has 1 aromatic carbocycles. The fraction of sp³-hybridized carbons (Fsp3) is 0.417. The van der Waals surface area contributed by atoms with Gasteiger partial charge in [-0.1, -0.05) is 12.1 Å². The van der Waals surface area contributed by atoms with Crippen LogP contribution in [0.5, 0.6) is 5.75 Å². The first-order valence-electron chi connectivity index (χ1n) is 5.44. The normalized spacial score (nSPS) is 23.9. The van der Waals surface area contributed by atoms with Crippen molar-refractivity contribution in [3.05, 3.63) is 24.3 Å². The van der Waals surface area contributed by atoms with Crippen LogP contribution < -0.4 is 4.90 Å². The molecule has 0 saturated carbocycles. The van der Waals surface area contributed by atoms with Crippen LogP contribution in [0.4, 0.5) is 10.5 Å². The maximum atomic E-state index is 11.7. The Hall–Kier alpha value is -1.75. The van der Waals surface area contributed by atoms with Crippen molar-refractivity contribution in [3.8, 4) is 5.75 Å². The fourth-order valence-electron chi connectivity index (χ4n) is 2.03. The second-order valence-electron chi connectivity index (χ2n) is 4.35. The highest BCUT2D eigenvalue weighted by Crippen LogP contribution is 2.37. The lowest BCUT2D eigenvalue weighted by Crippen LogP contribution is -2.45. The highest BCUT2D eigenvalue weighted by atomic mass is 16.6. The molecule has 2 rings (SSSR count). The van der Waals surface area contributed by atoms with Crippen LogP contribution in [0.2, 0.25) is 0 Å². The van der Waals surface area contributed by atoms with E-state index >= 15 is 0 Å². The number of para-hydroxylation sites is 2. The second kappa shape index (κ2) is 4.25. The van der Waals surface area contributed by atoms with Crippen LogP contribution >= 0.6 is 0 Å². The summed E-state index contributed by atoms with van der Waals surface area (Å²) in [6, 6.07) is 6.58. The van der Waals surface area contributed by atoms with Crippen LogP contribution in [0.1, 0.15) is 13.3 Å². The number of cyclic esters (lactones) is 1. The number of anilines is 1. The first-order chi connectivity index (χ1) is 8.08. The molecule has 1 aliphatic rings. The minimum atomic E-state index is -0.620. The van der Waals surface area contributed by atoms with Crippen LogP contribution in [0.3, 0.4) is 0 Å². The third-order valence-corrected chi connectivity index (χ3v) is 3.00. The summed E-state index contributed by atoms with van der Waals surface area (Å²) in [7, 11) is 0. The molecule has 1 amide bonds. The molecule has 1 fully saturated rings. The summed E-state index contributed by atoms with van der Waals surface area (Å²) in [4.78, 5) is 13.1. The van der Waals surface area contributed by atoms with Gasteiger partial charge < -0.3 is 14.9 Å². The third-order valence-electron chi connectivity index (χ3n) is 3.00. The molecule has 0 aliphatic carbocycles. The average Bonchev–Trinajstić information content (AvgIpc) is 2.57. The van der Waals surface area contributed by atoms with E-state index in [2.05, 4.69) is 0 Å². The average molecular weight is 237 g/mol. The Morgan fingerprint density at radius 1 is 1.47 bits per heavy atom. The highest BCUT2D eigenvalue weighted by molar-refractivity contribution is 5.93. The van der Waals surface area contributed by atoms with Crippen molar-refractivity contribution < 1.29 is 19.7 Å². The number of phenolic OH excluding ortho intramolecular Hbond substituents is 1. The van der Waals surface area contributed by atoms with Gasteiger partial charge in [0.05, 0.1) is 11.2 Å². The number of aliphatic hydroxyl groups is 1. The third kappa shape index (κ3) is 1.93. The summed E-state index contributed by atoms with van der Waals surface area (Å²) in [5.74, 6) is 0.0236. The second-order valence-corrected chi connectivity index (χ2v) is 4.35. The number of ether oxygens (including phenoxy) is 1. The lowest BCUT2D eigenvalue weighted by atomic mass is 9.97. The molecule has 1 atom stereocenters. The number of benzene rings is 1.